The minimum Gasteiger partial charge on any atom is -0.0795 e. The maximum atomic E-state index is 2.22. The fourth-order valence-electron chi connectivity index (χ4n) is 1.46. The lowest BCUT2D eigenvalue weighted by Gasteiger charge is -2.00. The molecule has 0 aliphatic heterocycles. The van der Waals surface area contributed by atoms with Gasteiger partial charge in [-0.1, -0.05) is 30.4 Å². The zero-order valence-corrected chi connectivity index (χ0v) is 6.09. The maximum absolute atomic E-state index is 2.22. The molecule has 2 rings (SSSR count). The second-order valence-corrected chi connectivity index (χ2v) is 2.75. The van der Waals surface area contributed by atoms with Gasteiger partial charge in [0.25, 0.3) is 0 Å². The van der Waals surface area contributed by atoms with Gasteiger partial charge in [-0.3, -0.25) is 0 Å². The third-order valence-electron chi connectivity index (χ3n) is 2.07. The summed E-state index contributed by atoms with van der Waals surface area (Å²) in [5, 5.41) is 0. The van der Waals surface area contributed by atoms with E-state index in [4.69, 9.17) is 0 Å². The first-order valence-electron chi connectivity index (χ1n) is 3.63. The molecule has 0 fully saturated rings. The molecule has 0 saturated heterocycles. The van der Waals surface area contributed by atoms with Crippen LogP contribution in [0.25, 0.3) is 6.08 Å². The van der Waals surface area contributed by atoms with E-state index in [1.165, 1.54) is 16.7 Å². The molecule has 0 bridgehead atoms. The highest BCUT2D eigenvalue weighted by molar-refractivity contribution is 5.61. The third-order valence-corrected chi connectivity index (χ3v) is 2.07. The highest BCUT2D eigenvalue weighted by Crippen LogP contribution is 2.21. The Morgan fingerprint density at radius 1 is 1.30 bits per heavy atom. The first-order chi connectivity index (χ1) is 4.88. The number of hydrogen-bond donors (Lipinski definition) is 0. The molecule has 1 aliphatic carbocycles. The third kappa shape index (κ3) is 0.688. The van der Waals surface area contributed by atoms with Gasteiger partial charge in [-0.2, -0.15) is 0 Å². The van der Waals surface area contributed by atoms with Crippen molar-refractivity contribution in [2.45, 2.75) is 13.3 Å². The molecule has 0 unspecified atom stereocenters. The topological polar surface area (TPSA) is 0 Å². The van der Waals surface area contributed by atoms with Crippen LogP contribution in [0.15, 0.2) is 24.3 Å². The van der Waals surface area contributed by atoms with E-state index in [2.05, 4.69) is 37.3 Å². The second-order valence-electron chi connectivity index (χ2n) is 2.75. The van der Waals surface area contributed by atoms with E-state index < -0.39 is 0 Å². The Morgan fingerprint density at radius 2 is 2.20 bits per heavy atom. The average Bonchev–Trinajstić information content (AvgIpc) is 2.36. The van der Waals surface area contributed by atoms with Gasteiger partial charge < -0.3 is 0 Å². The van der Waals surface area contributed by atoms with Crippen molar-refractivity contribution in [3.05, 3.63) is 41.0 Å². The Labute approximate surface area is 61.2 Å². The summed E-state index contributed by atoms with van der Waals surface area (Å²) >= 11 is 0. The lowest BCUT2D eigenvalue weighted by atomic mass is 10.0. The van der Waals surface area contributed by atoms with Crippen LogP contribution in [0, 0.1) is 6.92 Å². The van der Waals surface area contributed by atoms with Gasteiger partial charge in [-0.15, -0.1) is 0 Å². The van der Waals surface area contributed by atoms with Gasteiger partial charge in [0.1, 0.15) is 0 Å². The minimum absolute atomic E-state index is 1.13. The molecule has 0 heterocycles. The number of benzene rings is 1. The molecule has 0 radical (unpaired) electrons. The molecule has 50 valence electrons. The molecule has 0 nitrogen and oxygen atoms in total. The Balaban J connectivity index is 2.66. The lowest BCUT2D eigenvalue weighted by Crippen LogP contribution is -1.84. The van der Waals surface area contributed by atoms with Crippen LogP contribution in [-0.2, 0) is 6.42 Å². The summed E-state index contributed by atoms with van der Waals surface area (Å²) in [6, 6.07) is 6.46. The van der Waals surface area contributed by atoms with E-state index in [1.807, 2.05) is 0 Å². The first-order valence-corrected chi connectivity index (χ1v) is 3.63. The monoisotopic (exact) mass is 130 g/mol. The SMILES string of the molecule is Cc1cccc2c1CC=C2. The molecule has 0 saturated carbocycles. The van der Waals surface area contributed by atoms with Gasteiger partial charge in [0, 0.05) is 0 Å². The highest BCUT2D eigenvalue weighted by atomic mass is 14.1. The van der Waals surface area contributed by atoms with Gasteiger partial charge in [0.05, 0.1) is 0 Å². The molecule has 1 aliphatic rings. The molecule has 0 spiro atoms. The van der Waals surface area contributed by atoms with E-state index >= 15 is 0 Å². The van der Waals surface area contributed by atoms with Crippen LogP contribution >= 0.6 is 0 Å². The number of hydrogen-bond acceptors (Lipinski definition) is 0. The fraction of sp³-hybridized carbons (Fsp3) is 0.200. The van der Waals surface area contributed by atoms with E-state index in [0.29, 0.717) is 0 Å². The van der Waals surface area contributed by atoms with Crippen molar-refractivity contribution in [2.24, 2.45) is 0 Å². The first kappa shape index (κ1) is 5.72. The van der Waals surface area contributed by atoms with E-state index in [9.17, 15) is 0 Å². The Morgan fingerprint density at radius 3 is 3.00 bits per heavy atom. The van der Waals surface area contributed by atoms with Crippen molar-refractivity contribution in [1.29, 1.82) is 0 Å². The van der Waals surface area contributed by atoms with Crippen molar-refractivity contribution in [2.75, 3.05) is 0 Å². The molecule has 0 heteroatoms. The number of aryl methyl sites for hydroxylation is 1. The summed E-state index contributed by atoms with van der Waals surface area (Å²) in [7, 11) is 0. The Bertz CT molecular complexity index is 282. The van der Waals surface area contributed by atoms with Crippen LogP contribution < -0.4 is 0 Å². The van der Waals surface area contributed by atoms with Crippen LogP contribution in [0.4, 0.5) is 0 Å². The maximum Gasteiger partial charge on any atom is -0.00855 e. The van der Waals surface area contributed by atoms with Gasteiger partial charge in [0.2, 0.25) is 0 Å². The summed E-state index contributed by atoms with van der Waals surface area (Å²) in [5.41, 5.74) is 4.32. The van der Waals surface area contributed by atoms with Gasteiger partial charge in [-0.25, -0.2) is 0 Å². The molecule has 1 aromatic rings. The average molecular weight is 130 g/mol. The van der Waals surface area contributed by atoms with E-state index in [-0.39, 0.29) is 0 Å². The summed E-state index contributed by atoms with van der Waals surface area (Å²) < 4.78 is 0. The van der Waals surface area contributed by atoms with Crippen molar-refractivity contribution in [1.82, 2.24) is 0 Å². The summed E-state index contributed by atoms with van der Waals surface area (Å²) in [6.45, 7) is 2.17. The van der Waals surface area contributed by atoms with Gasteiger partial charge in [-0.05, 0) is 30.0 Å². The van der Waals surface area contributed by atoms with Gasteiger partial charge in [0.15, 0.2) is 0 Å². The predicted octanol–water partition coefficient (Wildman–Crippen LogP) is 2.56. The van der Waals surface area contributed by atoms with Crippen LogP contribution in [0.3, 0.4) is 0 Å². The highest BCUT2D eigenvalue weighted by Gasteiger charge is 2.04. The molecular formula is C10H10. The zero-order chi connectivity index (χ0) is 6.97. The molecule has 10 heavy (non-hydrogen) atoms. The largest absolute Gasteiger partial charge is 0.0795 e. The standard InChI is InChI=1S/C10H10/c1-8-4-2-5-9-6-3-7-10(8)9/h2-6H,7H2,1H3. The Kier molecular flexibility index (Phi) is 1.13. The summed E-state index contributed by atoms with van der Waals surface area (Å²) in [6.07, 6.45) is 5.54. The van der Waals surface area contributed by atoms with Crippen LogP contribution in [0.2, 0.25) is 0 Å². The van der Waals surface area contributed by atoms with Gasteiger partial charge >= 0.3 is 0 Å². The fourth-order valence-corrected chi connectivity index (χ4v) is 1.46. The summed E-state index contributed by atoms with van der Waals surface area (Å²) in [5.74, 6) is 0. The molecule has 0 N–H and O–H groups in total. The number of rotatable bonds is 0. The minimum atomic E-state index is 1.13. The Hall–Kier alpha value is -1.04. The van der Waals surface area contributed by atoms with Crippen molar-refractivity contribution >= 4 is 6.08 Å². The lowest BCUT2D eigenvalue weighted by molar-refractivity contribution is 1.24. The molecule has 1 aromatic carbocycles. The van der Waals surface area contributed by atoms with E-state index in [0.717, 1.165) is 6.42 Å². The molecule has 0 aromatic heterocycles. The van der Waals surface area contributed by atoms with E-state index in [1.54, 1.807) is 0 Å². The van der Waals surface area contributed by atoms with Crippen LogP contribution in [-0.4, -0.2) is 0 Å². The van der Waals surface area contributed by atoms with Crippen LogP contribution in [0.5, 0.6) is 0 Å². The zero-order valence-electron chi connectivity index (χ0n) is 6.09. The molecule has 0 amide bonds. The number of fused-ring (bicyclic) bond motifs is 1. The number of allylic oxidation sites excluding steroid dienone is 1. The quantitative estimate of drug-likeness (QED) is 0.506. The van der Waals surface area contributed by atoms with Crippen molar-refractivity contribution < 1.29 is 0 Å². The smallest absolute Gasteiger partial charge is 0.00855 e. The summed E-state index contributed by atoms with van der Waals surface area (Å²) in [4.78, 5) is 0. The van der Waals surface area contributed by atoms with Crippen molar-refractivity contribution in [3.8, 4) is 0 Å². The van der Waals surface area contributed by atoms with Crippen LogP contribution in [0.1, 0.15) is 16.7 Å². The second kappa shape index (κ2) is 1.98. The predicted molar refractivity (Wildman–Crippen MR) is 43.9 cm³/mol. The molecular weight excluding hydrogens is 120 g/mol. The van der Waals surface area contributed by atoms with Crippen molar-refractivity contribution in [3.63, 3.8) is 0 Å². The normalized spacial score (nSPS) is 13.7. The molecule has 0 atom stereocenters.